The predicted octanol–water partition coefficient (Wildman–Crippen LogP) is 14.2. The van der Waals surface area contributed by atoms with Crippen LogP contribution in [0.3, 0.4) is 0 Å². The third-order valence-electron chi connectivity index (χ3n) is 15.4. The van der Waals surface area contributed by atoms with Crippen molar-refractivity contribution < 1.29 is 4.74 Å². The Bertz CT molecular complexity index is 2930. The van der Waals surface area contributed by atoms with Crippen LogP contribution in [0.2, 0.25) is 0 Å². The van der Waals surface area contributed by atoms with E-state index in [-0.39, 0.29) is 33.8 Å². The zero-order valence-corrected chi connectivity index (χ0v) is 39.9. The molecule has 4 nitrogen and oxygen atoms in total. The summed E-state index contributed by atoms with van der Waals surface area (Å²) in [5.74, 6) is 3.54. The van der Waals surface area contributed by atoms with Crippen LogP contribution >= 0.6 is 11.3 Å². The molecule has 4 heterocycles. The highest BCUT2D eigenvalue weighted by Crippen LogP contribution is 2.52. The molecule has 63 heavy (non-hydrogen) atoms. The standard InChI is InChI=1S/C57H60BN3OS/c1-53(2,3)35-21-26-47-39(31-35)50-51(63-47)58-44-19-15-16-20-45(44)62-46-34-48(59-52(49(46)58)61(50)36-17-13-12-14-18-36)60(37-22-24-40-42(32-37)56(8,9)29-27-54(40,4)5)38-23-25-41-43(33-38)57(10,11)30-28-55(41,6)7/h12-26,31-34H,27-30H2,1-11H3. The molecule has 318 valence electrons. The van der Waals surface area contributed by atoms with Crippen molar-refractivity contribution in [2.24, 2.45) is 0 Å². The van der Waals surface area contributed by atoms with Crippen LogP contribution in [-0.4, -0.2) is 11.7 Å². The second-order valence-electron chi connectivity index (χ2n) is 22.6. The molecule has 0 fully saturated rings. The first-order chi connectivity index (χ1) is 29.8. The summed E-state index contributed by atoms with van der Waals surface area (Å²) in [7, 11) is 0. The van der Waals surface area contributed by atoms with Crippen molar-refractivity contribution in [3.8, 4) is 11.5 Å². The van der Waals surface area contributed by atoms with Gasteiger partial charge in [-0.3, -0.25) is 9.80 Å². The summed E-state index contributed by atoms with van der Waals surface area (Å²) < 4.78 is 9.75. The zero-order valence-electron chi connectivity index (χ0n) is 39.0. The van der Waals surface area contributed by atoms with E-state index in [1.807, 2.05) is 11.3 Å². The minimum absolute atomic E-state index is 0.00512. The topological polar surface area (TPSA) is 28.6 Å². The van der Waals surface area contributed by atoms with Crippen LogP contribution in [0.5, 0.6) is 11.5 Å². The van der Waals surface area contributed by atoms with Crippen molar-refractivity contribution in [2.75, 3.05) is 9.80 Å². The molecular weight excluding hydrogens is 786 g/mol. The average Bonchev–Trinajstić information content (AvgIpc) is 3.63. The molecule has 11 rings (SSSR count). The van der Waals surface area contributed by atoms with Gasteiger partial charge in [0.25, 0.3) is 6.71 Å². The fourth-order valence-electron chi connectivity index (χ4n) is 11.3. The second kappa shape index (κ2) is 13.6. The molecule has 0 radical (unpaired) electrons. The number of pyridine rings is 1. The number of thiophene rings is 1. The number of hydrogen-bond acceptors (Lipinski definition) is 5. The van der Waals surface area contributed by atoms with Crippen molar-refractivity contribution in [2.45, 2.75) is 129 Å². The van der Waals surface area contributed by atoms with Gasteiger partial charge in [0.05, 0.1) is 5.69 Å². The summed E-state index contributed by atoms with van der Waals surface area (Å²) >= 11 is 1.91. The Kier molecular flexibility index (Phi) is 8.73. The normalized spacial score (nSPS) is 18.4. The highest BCUT2D eigenvalue weighted by molar-refractivity contribution is 7.33. The van der Waals surface area contributed by atoms with Crippen LogP contribution in [0.25, 0.3) is 10.1 Å². The number of benzene rings is 5. The maximum Gasteiger partial charge on any atom is 0.271 e. The smallest absolute Gasteiger partial charge is 0.271 e. The number of anilines is 6. The van der Waals surface area contributed by atoms with E-state index >= 15 is 0 Å². The largest absolute Gasteiger partial charge is 0.458 e. The molecule has 0 N–H and O–H groups in total. The fraction of sp³-hybridized carbons (Fsp3) is 0.351. The number of rotatable bonds is 4. The molecule has 7 aromatic rings. The summed E-state index contributed by atoms with van der Waals surface area (Å²) in [5.41, 5.74) is 14.2. The number of aromatic nitrogens is 1. The Morgan fingerprint density at radius 1 is 0.619 bits per heavy atom. The van der Waals surface area contributed by atoms with Gasteiger partial charge in [-0.15, -0.1) is 11.3 Å². The molecule has 0 saturated carbocycles. The lowest BCUT2D eigenvalue weighted by Crippen LogP contribution is -2.58. The minimum Gasteiger partial charge on any atom is -0.458 e. The third kappa shape index (κ3) is 6.25. The maximum atomic E-state index is 7.14. The quantitative estimate of drug-likeness (QED) is 0.165. The van der Waals surface area contributed by atoms with Crippen LogP contribution in [0.4, 0.5) is 34.4 Å². The fourth-order valence-corrected chi connectivity index (χ4v) is 12.6. The van der Waals surface area contributed by atoms with Gasteiger partial charge >= 0.3 is 0 Å². The summed E-state index contributed by atoms with van der Waals surface area (Å²) in [6.45, 7) is 26.3. The summed E-state index contributed by atoms with van der Waals surface area (Å²) in [6, 6.07) is 43.4. The molecule has 4 aliphatic rings. The average molecular weight is 846 g/mol. The van der Waals surface area contributed by atoms with Crippen LogP contribution in [0, 0.1) is 0 Å². The highest BCUT2D eigenvalue weighted by Gasteiger charge is 2.46. The van der Waals surface area contributed by atoms with Crippen molar-refractivity contribution in [1.82, 2.24) is 4.98 Å². The monoisotopic (exact) mass is 845 g/mol. The Morgan fingerprint density at radius 2 is 1.19 bits per heavy atom. The van der Waals surface area contributed by atoms with Crippen LogP contribution < -0.4 is 30.2 Å². The lowest BCUT2D eigenvalue weighted by molar-refractivity contribution is 0.332. The molecule has 0 bridgehead atoms. The number of hydrogen-bond donors (Lipinski definition) is 0. The van der Waals surface area contributed by atoms with E-state index in [2.05, 4.69) is 201 Å². The first kappa shape index (κ1) is 40.4. The van der Waals surface area contributed by atoms with Crippen LogP contribution in [-0.2, 0) is 27.1 Å². The van der Waals surface area contributed by atoms with Crippen LogP contribution in [0.1, 0.15) is 130 Å². The summed E-state index contributed by atoms with van der Waals surface area (Å²) in [4.78, 5) is 10.9. The van der Waals surface area contributed by atoms with Gasteiger partial charge in [-0.1, -0.05) is 131 Å². The molecule has 0 atom stereocenters. The Morgan fingerprint density at radius 3 is 1.79 bits per heavy atom. The Labute approximate surface area is 379 Å². The van der Waals surface area contributed by atoms with E-state index in [1.165, 1.54) is 66.7 Å². The molecule has 2 aliphatic carbocycles. The van der Waals surface area contributed by atoms with E-state index in [0.29, 0.717) is 0 Å². The van der Waals surface area contributed by atoms with Crippen molar-refractivity contribution in [3.63, 3.8) is 0 Å². The first-order valence-corrected chi connectivity index (χ1v) is 24.0. The molecular formula is C57H60BN3OS. The van der Waals surface area contributed by atoms with Gasteiger partial charge in [-0.05, 0) is 141 Å². The van der Waals surface area contributed by atoms with E-state index in [1.54, 1.807) is 0 Å². The van der Waals surface area contributed by atoms with Gasteiger partial charge in [0.1, 0.15) is 23.1 Å². The zero-order chi connectivity index (χ0) is 44.0. The maximum absolute atomic E-state index is 7.14. The van der Waals surface area contributed by atoms with Gasteiger partial charge in [-0.25, -0.2) is 4.98 Å². The van der Waals surface area contributed by atoms with Crippen molar-refractivity contribution in [1.29, 1.82) is 0 Å². The van der Waals surface area contributed by atoms with Gasteiger partial charge in [0.15, 0.2) is 0 Å². The molecule has 6 heteroatoms. The third-order valence-corrected chi connectivity index (χ3v) is 16.6. The van der Waals surface area contributed by atoms with Gasteiger partial charge in [-0.2, -0.15) is 0 Å². The second-order valence-corrected chi connectivity index (χ2v) is 23.7. The van der Waals surface area contributed by atoms with E-state index < -0.39 is 0 Å². The Hall–Kier alpha value is -5.33. The number of ether oxygens (including phenoxy) is 1. The first-order valence-electron chi connectivity index (χ1n) is 23.2. The number of fused-ring (bicyclic) bond motifs is 8. The Balaban J connectivity index is 1.22. The highest BCUT2D eigenvalue weighted by atomic mass is 32.1. The van der Waals surface area contributed by atoms with Gasteiger partial charge < -0.3 is 4.74 Å². The van der Waals surface area contributed by atoms with E-state index in [0.717, 1.165) is 58.5 Å². The van der Waals surface area contributed by atoms with Crippen molar-refractivity contribution in [3.05, 3.63) is 143 Å². The summed E-state index contributed by atoms with van der Waals surface area (Å²) in [6.07, 6.45) is 4.64. The molecule has 0 saturated heterocycles. The van der Waals surface area contributed by atoms with E-state index in [4.69, 9.17) is 9.72 Å². The predicted molar refractivity (Wildman–Crippen MR) is 269 cm³/mol. The lowest BCUT2D eigenvalue weighted by atomic mass is 9.37. The van der Waals surface area contributed by atoms with Gasteiger partial charge in [0, 0.05) is 43.5 Å². The lowest BCUT2D eigenvalue weighted by Gasteiger charge is -2.43. The van der Waals surface area contributed by atoms with E-state index in [9.17, 15) is 0 Å². The molecule has 0 amide bonds. The molecule has 2 aliphatic heterocycles. The molecule has 0 spiro atoms. The number of para-hydroxylation sites is 2. The summed E-state index contributed by atoms with van der Waals surface area (Å²) in [5, 5.41) is 1.27. The van der Waals surface area contributed by atoms with Gasteiger partial charge in [0.2, 0.25) is 0 Å². The number of nitrogens with zero attached hydrogens (tertiary/aromatic N) is 3. The van der Waals surface area contributed by atoms with Crippen LogP contribution in [0.15, 0.2) is 115 Å². The molecule has 2 aromatic heterocycles. The minimum atomic E-state index is -0.0288. The van der Waals surface area contributed by atoms with Crippen molar-refractivity contribution >= 4 is 78.2 Å². The molecule has 0 unspecified atom stereocenters. The SMILES string of the molecule is CC(C)(C)c1ccc2sc3c(c2c1)N(c1ccccc1)c1nc(N(c2ccc4c(c2)C(C)(C)CCC4(C)C)c2ccc4c(c2)C(C)(C)CCC4(C)C)cc2c1B3c1ccccc1O2. The molecule has 5 aromatic carbocycles.